The third-order valence-corrected chi connectivity index (χ3v) is 5.71. The summed E-state index contributed by atoms with van der Waals surface area (Å²) in [5.74, 6) is -1.95. The van der Waals surface area contributed by atoms with Gasteiger partial charge in [-0.15, -0.1) is 16.4 Å². The van der Waals surface area contributed by atoms with Crippen molar-refractivity contribution in [1.82, 2.24) is 18.7 Å². The molecule has 0 fully saturated rings. The van der Waals surface area contributed by atoms with Gasteiger partial charge in [-0.05, 0) is 35.9 Å². The van der Waals surface area contributed by atoms with Crippen LogP contribution in [-0.2, 0) is 17.9 Å². The highest BCUT2D eigenvalue weighted by Gasteiger charge is 2.20. The van der Waals surface area contributed by atoms with Gasteiger partial charge in [-0.3, -0.25) is 14.2 Å². The average molecular weight is 447 g/mol. The van der Waals surface area contributed by atoms with Gasteiger partial charge in [0.05, 0.1) is 11.2 Å². The van der Waals surface area contributed by atoms with E-state index in [1.165, 1.54) is 20.3 Å². The zero-order chi connectivity index (χ0) is 22.3. The molecule has 0 bridgehead atoms. The maximum absolute atomic E-state index is 13.8. The molecule has 0 saturated heterocycles. The second kappa shape index (κ2) is 8.06. The Morgan fingerprint density at radius 3 is 2.71 bits per heavy atom. The number of amides is 1. The number of rotatable bonds is 6. The van der Waals surface area contributed by atoms with E-state index in [2.05, 4.69) is 10.4 Å². The molecule has 0 spiro atoms. The molecule has 0 aliphatic rings. The fourth-order valence-electron chi connectivity index (χ4n) is 3.24. The van der Waals surface area contributed by atoms with Crippen LogP contribution in [0.3, 0.4) is 0 Å². The molecule has 31 heavy (non-hydrogen) atoms. The third-order valence-electron chi connectivity index (χ3n) is 4.82. The first kappa shape index (κ1) is 20.9. The van der Waals surface area contributed by atoms with Gasteiger partial charge in [-0.25, -0.2) is 22.7 Å². The first-order valence-corrected chi connectivity index (χ1v) is 10.5. The minimum absolute atomic E-state index is 0.141. The quantitative estimate of drug-likeness (QED) is 0.492. The van der Waals surface area contributed by atoms with Gasteiger partial charge in [0.2, 0.25) is 11.7 Å². The number of nitrogens with zero attached hydrogens (tertiary/aromatic N) is 4. The SMILES string of the molecule is CC(C)CCn1c(=O)c2sccc2n2c(=O)n(CC(=O)Nc3ccc(F)cc3F)nc12. The molecule has 0 unspecified atom stereocenters. The second-order valence-electron chi connectivity index (χ2n) is 7.52. The van der Waals surface area contributed by atoms with Gasteiger partial charge in [0.15, 0.2) is 0 Å². The number of thiophene rings is 1. The highest BCUT2D eigenvalue weighted by Crippen LogP contribution is 2.18. The Balaban J connectivity index is 1.74. The molecule has 0 radical (unpaired) electrons. The number of anilines is 1. The Kier molecular flexibility index (Phi) is 5.44. The molecule has 0 aliphatic heterocycles. The molecule has 1 N–H and O–H groups in total. The topological polar surface area (TPSA) is 90.4 Å². The van der Waals surface area contributed by atoms with Gasteiger partial charge < -0.3 is 5.32 Å². The van der Waals surface area contributed by atoms with Crippen molar-refractivity contribution in [2.45, 2.75) is 33.4 Å². The molecular weight excluding hydrogens is 428 g/mol. The molecule has 3 heterocycles. The normalized spacial score (nSPS) is 11.6. The maximum atomic E-state index is 13.8. The molecule has 8 nitrogen and oxygen atoms in total. The fourth-order valence-corrected chi connectivity index (χ4v) is 4.07. The van der Waals surface area contributed by atoms with E-state index in [0.717, 1.165) is 16.8 Å². The summed E-state index contributed by atoms with van der Waals surface area (Å²) >= 11 is 1.23. The Hall–Kier alpha value is -3.34. The van der Waals surface area contributed by atoms with E-state index in [1.54, 1.807) is 11.4 Å². The number of hydrogen-bond acceptors (Lipinski definition) is 5. The lowest BCUT2D eigenvalue weighted by Gasteiger charge is -2.09. The molecular formula is C20H19F2N5O3S. The maximum Gasteiger partial charge on any atom is 0.352 e. The van der Waals surface area contributed by atoms with Crippen LogP contribution in [0.25, 0.3) is 16.0 Å². The van der Waals surface area contributed by atoms with Crippen LogP contribution in [0.4, 0.5) is 14.5 Å². The van der Waals surface area contributed by atoms with E-state index in [4.69, 9.17) is 0 Å². The van der Waals surface area contributed by atoms with Crippen molar-refractivity contribution < 1.29 is 13.6 Å². The summed E-state index contributed by atoms with van der Waals surface area (Å²) in [7, 11) is 0. The Morgan fingerprint density at radius 1 is 1.23 bits per heavy atom. The minimum Gasteiger partial charge on any atom is -0.322 e. The standard InChI is InChI=1S/C20H19F2N5O3S/c1-11(2)5-7-25-18(29)17-15(6-8-31-17)27-19(25)24-26(20(27)30)10-16(28)23-14-4-3-12(21)9-13(14)22/h3-4,6,8-9,11H,5,7,10H2,1-2H3,(H,23,28). The van der Waals surface area contributed by atoms with Crippen molar-refractivity contribution in [3.63, 3.8) is 0 Å². The Labute approximate surface area is 178 Å². The Morgan fingerprint density at radius 2 is 2.00 bits per heavy atom. The number of carbonyl (C=O) groups is 1. The van der Waals surface area contributed by atoms with Gasteiger partial charge in [0, 0.05) is 12.6 Å². The summed E-state index contributed by atoms with van der Waals surface area (Å²) in [6.45, 7) is 3.92. The van der Waals surface area contributed by atoms with E-state index >= 15 is 0 Å². The van der Waals surface area contributed by atoms with Gasteiger partial charge >= 0.3 is 5.69 Å². The molecule has 4 aromatic rings. The number of aromatic nitrogens is 4. The van der Waals surface area contributed by atoms with Crippen LogP contribution in [-0.4, -0.2) is 24.7 Å². The van der Waals surface area contributed by atoms with Crippen LogP contribution < -0.4 is 16.6 Å². The van der Waals surface area contributed by atoms with E-state index in [9.17, 15) is 23.2 Å². The monoisotopic (exact) mass is 447 g/mol. The predicted octanol–water partition coefficient (Wildman–Crippen LogP) is 2.84. The zero-order valence-electron chi connectivity index (χ0n) is 16.8. The minimum atomic E-state index is -0.932. The van der Waals surface area contributed by atoms with Crippen molar-refractivity contribution in [3.05, 3.63) is 62.1 Å². The molecule has 3 aromatic heterocycles. The lowest BCUT2D eigenvalue weighted by molar-refractivity contribution is -0.117. The van der Waals surface area contributed by atoms with E-state index < -0.39 is 29.8 Å². The van der Waals surface area contributed by atoms with Gasteiger partial charge in [0.25, 0.3) is 5.56 Å². The molecule has 0 aliphatic carbocycles. The Bertz CT molecular complexity index is 1420. The first-order chi connectivity index (χ1) is 14.8. The van der Waals surface area contributed by atoms with Crippen molar-refractivity contribution in [1.29, 1.82) is 0 Å². The van der Waals surface area contributed by atoms with Crippen molar-refractivity contribution in [2.75, 3.05) is 5.32 Å². The number of carbonyl (C=O) groups excluding carboxylic acids is 1. The van der Waals surface area contributed by atoms with E-state index in [1.807, 2.05) is 13.8 Å². The van der Waals surface area contributed by atoms with Crippen LogP contribution in [0, 0.1) is 17.6 Å². The van der Waals surface area contributed by atoms with Crippen LogP contribution in [0.2, 0.25) is 0 Å². The molecule has 162 valence electrons. The number of halogens is 2. The van der Waals surface area contributed by atoms with E-state index in [0.29, 0.717) is 35.2 Å². The highest BCUT2D eigenvalue weighted by molar-refractivity contribution is 7.17. The molecule has 4 rings (SSSR count). The number of aryl methyl sites for hydroxylation is 1. The van der Waals surface area contributed by atoms with Crippen LogP contribution in [0.15, 0.2) is 39.2 Å². The number of nitrogens with one attached hydrogen (secondary N) is 1. The summed E-state index contributed by atoms with van der Waals surface area (Å²) < 4.78 is 30.9. The lowest BCUT2D eigenvalue weighted by Crippen LogP contribution is -2.29. The average Bonchev–Trinajstić information content (AvgIpc) is 3.29. The van der Waals surface area contributed by atoms with Crippen molar-refractivity contribution in [2.24, 2.45) is 5.92 Å². The predicted molar refractivity (Wildman–Crippen MR) is 114 cm³/mol. The molecule has 1 amide bonds. The van der Waals surface area contributed by atoms with Crippen molar-refractivity contribution >= 4 is 38.9 Å². The van der Waals surface area contributed by atoms with Crippen molar-refractivity contribution in [3.8, 4) is 0 Å². The summed E-state index contributed by atoms with van der Waals surface area (Å²) in [6, 6.07) is 4.40. The van der Waals surface area contributed by atoms with Crippen LogP contribution in [0.1, 0.15) is 20.3 Å². The van der Waals surface area contributed by atoms with Gasteiger partial charge in [-0.1, -0.05) is 13.8 Å². The second-order valence-corrected chi connectivity index (χ2v) is 8.44. The molecule has 1 aromatic carbocycles. The molecule has 11 heteroatoms. The number of fused-ring (bicyclic) bond motifs is 3. The van der Waals surface area contributed by atoms with Crippen LogP contribution >= 0.6 is 11.3 Å². The largest absolute Gasteiger partial charge is 0.352 e. The zero-order valence-corrected chi connectivity index (χ0v) is 17.6. The highest BCUT2D eigenvalue weighted by atomic mass is 32.1. The van der Waals surface area contributed by atoms with Gasteiger partial charge in [0.1, 0.15) is 22.9 Å². The fraction of sp³-hybridized carbons (Fsp3) is 0.300. The summed E-state index contributed by atoms with van der Waals surface area (Å²) in [5, 5.41) is 8.23. The van der Waals surface area contributed by atoms with Gasteiger partial charge in [-0.2, -0.15) is 0 Å². The number of hydrogen-bond donors (Lipinski definition) is 1. The smallest absolute Gasteiger partial charge is 0.322 e. The summed E-state index contributed by atoms with van der Waals surface area (Å²) in [4.78, 5) is 38.3. The first-order valence-electron chi connectivity index (χ1n) is 9.60. The summed E-state index contributed by atoms with van der Waals surface area (Å²) in [5.41, 5.74) is -0.621. The number of benzene rings is 1. The van der Waals surface area contributed by atoms with E-state index in [-0.39, 0.29) is 17.0 Å². The third kappa shape index (κ3) is 3.88. The lowest BCUT2D eigenvalue weighted by atomic mass is 10.1. The summed E-state index contributed by atoms with van der Waals surface area (Å²) in [6.07, 6.45) is 0.706. The molecule has 0 atom stereocenters. The molecule has 0 saturated carbocycles. The van der Waals surface area contributed by atoms with Crippen LogP contribution in [0.5, 0.6) is 0 Å².